The minimum atomic E-state index is -0.250. The maximum absolute atomic E-state index is 11.8. The van der Waals surface area contributed by atoms with Gasteiger partial charge in [0, 0.05) is 18.9 Å². The maximum Gasteiger partial charge on any atom is 0.273 e. The fraction of sp³-hybridized carbons (Fsp3) is 0.0833. The Labute approximate surface area is 98.3 Å². The van der Waals surface area contributed by atoms with E-state index in [4.69, 9.17) is 5.26 Å². The summed E-state index contributed by atoms with van der Waals surface area (Å²) in [4.78, 5) is 11.8. The number of nitriles is 1. The molecule has 0 aliphatic carbocycles. The van der Waals surface area contributed by atoms with Crippen LogP contribution in [-0.2, 0) is 7.05 Å². The van der Waals surface area contributed by atoms with E-state index < -0.39 is 0 Å². The summed E-state index contributed by atoms with van der Waals surface area (Å²) in [6, 6.07) is 10.4. The van der Waals surface area contributed by atoms with E-state index in [1.807, 2.05) is 6.07 Å². The normalized spacial score (nSPS) is 9.65. The van der Waals surface area contributed by atoms with E-state index in [9.17, 15) is 4.79 Å². The van der Waals surface area contributed by atoms with Crippen LogP contribution < -0.4 is 5.32 Å². The molecule has 0 unspecified atom stereocenters. The number of rotatable bonds is 2. The van der Waals surface area contributed by atoms with Crippen molar-refractivity contribution >= 4 is 11.6 Å². The fourth-order valence-electron chi connectivity index (χ4n) is 1.46. The molecular formula is C12H10N4O. The van der Waals surface area contributed by atoms with Crippen molar-refractivity contribution in [1.82, 2.24) is 9.78 Å². The largest absolute Gasteiger partial charge is 0.321 e. The molecule has 0 saturated heterocycles. The third-order valence-electron chi connectivity index (χ3n) is 2.30. The molecule has 1 aromatic carbocycles. The van der Waals surface area contributed by atoms with E-state index in [1.165, 1.54) is 4.68 Å². The van der Waals surface area contributed by atoms with Crippen molar-refractivity contribution in [2.75, 3.05) is 5.32 Å². The van der Waals surface area contributed by atoms with Gasteiger partial charge in [0.1, 0.15) is 5.69 Å². The van der Waals surface area contributed by atoms with Crippen LogP contribution in [0.25, 0.3) is 0 Å². The molecule has 1 aromatic heterocycles. The minimum absolute atomic E-state index is 0.250. The van der Waals surface area contributed by atoms with Crippen LogP contribution in [0, 0.1) is 11.3 Å². The zero-order chi connectivity index (χ0) is 12.3. The first kappa shape index (κ1) is 10.9. The number of benzene rings is 1. The van der Waals surface area contributed by atoms with Crippen LogP contribution in [0.1, 0.15) is 16.1 Å². The molecule has 0 radical (unpaired) electrons. The number of amides is 1. The summed E-state index contributed by atoms with van der Waals surface area (Å²) in [5.74, 6) is -0.250. The SMILES string of the molecule is Cn1nccc1C(=O)Nc1cccc(C#N)c1. The van der Waals surface area contributed by atoms with Crippen molar-refractivity contribution in [2.24, 2.45) is 7.05 Å². The Hall–Kier alpha value is -2.61. The Morgan fingerprint density at radius 3 is 2.94 bits per heavy atom. The van der Waals surface area contributed by atoms with E-state index in [1.54, 1.807) is 43.6 Å². The number of carbonyl (C=O) groups is 1. The molecule has 0 bridgehead atoms. The molecule has 1 N–H and O–H groups in total. The van der Waals surface area contributed by atoms with Crippen LogP contribution in [0.5, 0.6) is 0 Å². The second-order valence-electron chi connectivity index (χ2n) is 3.49. The molecule has 0 fully saturated rings. The Balaban J connectivity index is 2.19. The van der Waals surface area contributed by atoms with Crippen LogP contribution in [-0.4, -0.2) is 15.7 Å². The van der Waals surface area contributed by atoms with Crippen molar-refractivity contribution in [3.8, 4) is 6.07 Å². The Bertz CT molecular complexity index is 595. The van der Waals surface area contributed by atoms with E-state index in [2.05, 4.69) is 10.4 Å². The highest BCUT2D eigenvalue weighted by Crippen LogP contribution is 2.11. The number of hydrogen-bond donors (Lipinski definition) is 1. The first-order valence-corrected chi connectivity index (χ1v) is 5.00. The van der Waals surface area contributed by atoms with Gasteiger partial charge in [-0.25, -0.2) is 0 Å². The van der Waals surface area contributed by atoms with Gasteiger partial charge in [-0.3, -0.25) is 9.48 Å². The third-order valence-corrected chi connectivity index (χ3v) is 2.30. The van der Waals surface area contributed by atoms with E-state index in [0.717, 1.165) is 0 Å². The minimum Gasteiger partial charge on any atom is -0.321 e. The van der Waals surface area contributed by atoms with Crippen LogP contribution in [0.2, 0.25) is 0 Å². The number of aryl methyl sites for hydroxylation is 1. The lowest BCUT2D eigenvalue weighted by Crippen LogP contribution is -2.16. The summed E-state index contributed by atoms with van der Waals surface area (Å²) in [5.41, 5.74) is 1.57. The highest BCUT2D eigenvalue weighted by Gasteiger charge is 2.09. The predicted octanol–water partition coefficient (Wildman–Crippen LogP) is 1.54. The molecule has 84 valence electrons. The Morgan fingerprint density at radius 1 is 1.47 bits per heavy atom. The molecule has 5 heteroatoms. The molecule has 17 heavy (non-hydrogen) atoms. The quantitative estimate of drug-likeness (QED) is 0.844. The summed E-state index contributed by atoms with van der Waals surface area (Å²) in [7, 11) is 1.70. The smallest absolute Gasteiger partial charge is 0.273 e. The van der Waals surface area contributed by atoms with E-state index >= 15 is 0 Å². The van der Waals surface area contributed by atoms with Gasteiger partial charge in [0.25, 0.3) is 5.91 Å². The Kier molecular flexibility index (Phi) is 2.88. The molecular weight excluding hydrogens is 216 g/mol. The van der Waals surface area contributed by atoms with Gasteiger partial charge in [-0.1, -0.05) is 6.07 Å². The molecule has 2 rings (SSSR count). The number of hydrogen-bond acceptors (Lipinski definition) is 3. The van der Waals surface area contributed by atoms with Gasteiger partial charge in [0.15, 0.2) is 0 Å². The van der Waals surface area contributed by atoms with Gasteiger partial charge in [0.2, 0.25) is 0 Å². The molecule has 0 aliphatic rings. The Morgan fingerprint density at radius 2 is 2.29 bits per heavy atom. The van der Waals surface area contributed by atoms with Gasteiger partial charge in [0.05, 0.1) is 11.6 Å². The lowest BCUT2D eigenvalue weighted by atomic mass is 10.2. The zero-order valence-electron chi connectivity index (χ0n) is 9.21. The standard InChI is InChI=1S/C12H10N4O/c1-16-11(5-6-14-16)12(17)15-10-4-2-3-9(7-10)8-13/h2-7H,1H3,(H,15,17). The monoisotopic (exact) mass is 226 g/mol. The molecule has 1 amide bonds. The number of carbonyl (C=O) groups excluding carboxylic acids is 1. The number of aromatic nitrogens is 2. The zero-order valence-corrected chi connectivity index (χ0v) is 9.21. The maximum atomic E-state index is 11.8. The summed E-state index contributed by atoms with van der Waals surface area (Å²) >= 11 is 0. The molecule has 0 saturated carbocycles. The second-order valence-corrected chi connectivity index (χ2v) is 3.49. The average Bonchev–Trinajstić information content (AvgIpc) is 2.76. The van der Waals surface area contributed by atoms with Crippen LogP contribution in [0.15, 0.2) is 36.5 Å². The summed E-state index contributed by atoms with van der Waals surface area (Å²) in [6.45, 7) is 0. The number of anilines is 1. The molecule has 1 heterocycles. The fourth-order valence-corrected chi connectivity index (χ4v) is 1.46. The molecule has 0 spiro atoms. The summed E-state index contributed by atoms with van der Waals surface area (Å²) < 4.78 is 1.49. The summed E-state index contributed by atoms with van der Waals surface area (Å²) in [6.07, 6.45) is 1.56. The van der Waals surface area contributed by atoms with Crippen molar-refractivity contribution < 1.29 is 4.79 Å². The lowest BCUT2D eigenvalue weighted by Gasteiger charge is -2.05. The molecule has 0 atom stereocenters. The topological polar surface area (TPSA) is 70.7 Å². The summed E-state index contributed by atoms with van der Waals surface area (Å²) in [5, 5.41) is 15.4. The van der Waals surface area contributed by atoms with Crippen molar-refractivity contribution in [3.63, 3.8) is 0 Å². The molecule has 2 aromatic rings. The van der Waals surface area contributed by atoms with Gasteiger partial charge in [-0.15, -0.1) is 0 Å². The first-order valence-electron chi connectivity index (χ1n) is 5.00. The van der Waals surface area contributed by atoms with Crippen molar-refractivity contribution in [2.45, 2.75) is 0 Å². The van der Waals surface area contributed by atoms with Crippen molar-refractivity contribution in [3.05, 3.63) is 47.8 Å². The van der Waals surface area contributed by atoms with Crippen LogP contribution >= 0.6 is 0 Å². The average molecular weight is 226 g/mol. The number of nitrogens with zero attached hydrogens (tertiary/aromatic N) is 3. The number of nitrogens with one attached hydrogen (secondary N) is 1. The predicted molar refractivity (Wildman–Crippen MR) is 62.3 cm³/mol. The lowest BCUT2D eigenvalue weighted by molar-refractivity contribution is 0.101. The molecule has 5 nitrogen and oxygen atoms in total. The van der Waals surface area contributed by atoms with Gasteiger partial charge < -0.3 is 5.32 Å². The second kappa shape index (κ2) is 4.49. The van der Waals surface area contributed by atoms with Gasteiger partial charge in [-0.05, 0) is 24.3 Å². The highest BCUT2D eigenvalue weighted by atomic mass is 16.2. The van der Waals surface area contributed by atoms with Gasteiger partial charge in [-0.2, -0.15) is 10.4 Å². The van der Waals surface area contributed by atoms with E-state index in [0.29, 0.717) is 16.9 Å². The highest BCUT2D eigenvalue weighted by molar-refractivity contribution is 6.03. The van der Waals surface area contributed by atoms with Crippen molar-refractivity contribution in [1.29, 1.82) is 5.26 Å². The van der Waals surface area contributed by atoms with Crippen LogP contribution in [0.4, 0.5) is 5.69 Å². The van der Waals surface area contributed by atoms with Gasteiger partial charge >= 0.3 is 0 Å². The molecule has 0 aliphatic heterocycles. The van der Waals surface area contributed by atoms with E-state index in [-0.39, 0.29) is 5.91 Å². The van der Waals surface area contributed by atoms with Crippen LogP contribution in [0.3, 0.4) is 0 Å². The first-order chi connectivity index (χ1) is 8.20. The third kappa shape index (κ3) is 2.32.